The number of amides is 1. The van der Waals surface area contributed by atoms with Crippen LogP contribution in [0.3, 0.4) is 0 Å². The molecular formula is C18H23N5O2. The lowest BCUT2D eigenvalue weighted by Crippen LogP contribution is -2.36. The van der Waals surface area contributed by atoms with E-state index < -0.39 is 0 Å². The lowest BCUT2D eigenvalue weighted by atomic mass is 10.1. The quantitative estimate of drug-likeness (QED) is 0.827. The van der Waals surface area contributed by atoms with Gasteiger partial charge in [-0.25, -0.2) is 9.97 Å². The van der Waals surface area contributed by atoms with Gasteiger partial charge in [-0.2, -0.15) is 0 Å². The van der Waals surface area contributed by atoms with Gasteiger partial charge in [0.15, 0.2) is 0 Å². The predicted octanol–water partition coefficient (Wildman–Crippen LogP) is 1.68. The van der Waals surface area contributed by atoms with Crippen molar-refractivity contribution < 1.29 is 9.53 Å². The van der Waals surface area contributed by atoms with Crippen molar-refractivity contribution in [3.8, 4) is 0 Å². The number of hydrogen-bond acceptors (Lipinski definition) is 5. The second-order valence-electron chi connectivity index (χ2n) is 7.07. The minimum Gasteiger partial charge on any atom is -0.381 e. The molecule has 1 amide bonds. The van der Waals surface area contributed by atoms with Crippen LogP contribution in [-0.4, -0.2) is 50.1 Å². The second-order valence-corrected chi connectivity index (χ2v) is 7.07. The zero-order valence-electron chi connectivity index (χ0n) is 14.5. The highest BCUT2D eigenvalue weighted by molar-refractivity contribution is 5.91. The standard InChI is InChI=1S/C18H23N5O2/c1-13-6-21-16(7-20-13)18(24)23-9-15(12-25-11-14-2-3-14)8-22-5-4-19-17(22)10-23/h4-7,14-15H,2-3,8-12H2,1H3. The van der Waals surface area contributed by atoms with Crippen LogP contribution < -0.4 is 0 Å². The van der Waals surface area contributed by atoms with Crippen LogP contribution in [0.4, 0.5) is 0 Å². The van der Waals surface area contributed by atoms with Gasteiger partial charge >= 0.3 is 0 Å². The first-order valence-electron chi connectivity index (χ1n) is 8.84. The van der Waals surface area contributed by atoms with Gasteiger partial charge in [-0.15, -0.1) is 0 Å². The van der Waals surface area contributed by atoms with Crippen LogP contribution in [0.1, 0.15) is 34.8 Å². The molecule has 0 aromatic carbocycles. The molecule has 0 saturated heterocycles. The van der Waals surface area contributed by atoms with E-state index in [1.54, 1.807) is 18.6 Å². The molecule has 1 aliphatic carbocycles. The summed E-state index contributed by atoms with van der Waals surface area (Å²) in [7, 11) is 0. The predicted molar refractivity (Wildman–Crippen MR) is 90.8 cm³/mol. The summed E-state index contributed by atoms with van der Waals surface area (Å²) in [5.74, 6) is 1.79. The summed E-state index contributed by atoms with van der Waals surface area (Å²) in [4.78, 5) is 27.5. The molecule has 1 atom stereocenters. The first-order valence-corrected chi connectivity index (χ1v) is 8.84. The maximum atomic E-state index is 12.9. The Morgan fingerprint density at radius 1 is 1.16 bits per heavy atom. The number of nitrogens with zero attached hydrogens (tertiary/aromatic N) is 5. The van der Waals surface area contributed by atoms with E-state index in [0.717, 1.165) is 30.6 Å². The summed E-state index contributed by atoms with van der Waals surface area (Å²) in [5, 5.41) is 0. The van der Waals surface area contributed by atoms with E-state index >= 15 is 0 Å². The molecule has 1 aliphatic heterocycles. The number of ether oxygens (including phenoxy) is 1. The molecule has 1 unspecified atom stereocenters. The van der Waals surface area contributed by atoms with Crippen molar-refractivity contribution >= 4 is 5.91 Å². The number of rotatable bonds is 5. The lowest BCUT2D eigenvalue weighted by molar-refractivity contribution is 0.0567. The Morgan fingerprint density at radius 2 is 2.00 bits per heavy atom. The number of aromatic nitrogens is 4. The first kappa shape index (κ1) is 16.2. The third-order valence-corrected chi connectivity index (χ3v) is 4.76. The van der Waals surface area contributed by atoms with Crippen molar-refractivity contribution in [1.29, 1.82) is 0 Å². The number of carbonyl (C=O) groups excluding carboxylic acids is 1. The van der Waals surface area contributed by atoms with Crippen LogP contribution in [0.5, 0.6) is 0 Å². The smallest absolute Gasteiger partial charge is 0.274 e. The highest BCUT2D eigenvalue weighted by Gasteiger charge is 2.28. The minimum absolute atomic E-state index is 0.101. The Kier molecular flexibility index (Phi) is 4.48. The third-order valence-electron chi connectivity index (χ3n) is 4.76. The van der Waals surface area contributed by atoms with Gasteiger partial charge in [0, 0.05) is 44.2 Å². The second kappa shape index (κ2) is 6.92. The summed E-state index contributed by atoms with van der Waals surface area (Å²) < 4.78 is 8.02. The van der Waals surface area contributed by atoms with E-state index in [4.69, 9.17) is 4.74 Å². The Morgan fingerprint density at radius 3 is 2.76 bits per heavy atom. The number of aryl methyl sites for hydroxylation is 1. The van der Waals surface area contributed by atoms with Gasteiger partial charge in [0.25, 0.3) is 5.91 Å². The molecule has 2 aromatic heterocycles. The normalized spacial score (nSPS) is 20.2. The molecule has 3 heterocycles. The van der Waals surface area contributed by atoms with E-state index in [1.807, 2.05) is 18.0 Å². The molecule has 0 radical (unpaired) electrons. The van der Waals surface area contributed by atoms with E-state index in [9.17, 15) is 4.79 Å². The van der Waals surface area contributed by atoms with Gasteiger partial charge in [-0.05, 0) is 25.7 Å². The van der Waals surface area contributed by atoms with E-state index in [0.29, 0.717) is 25.4 Å². The molecule has 0 N–H and O–H groups in total. The highest BCUT2D eigenvalue weighted by Crippen LogP contribution is 2.29. The third kappa shape index (κ3) is 3.87. The van der Waals surface area contributed by atoms with Gasteiger partial charge < -0.3 is 14.2 Å². The Hall–Kier alpha value is -2.28. The molecular weight excluding hydrogens is 318 g/mol. The van der Waals surface area contributed by atoms with Crippen LogP contribution in [0, 0.1) is 18.8 Å². The average molecular weight is 341 g/mol. The van der Waals surface area contributed by atoms with Crippen LogP contribution in [0.25, 0.3) is 0 Å². The van der Waals surface area contributed by atoms with Crippen molar-refractivity contribution in [3.63, 3.8) is 0 Å². The fraction of sp³-hybridized carbons (Fsp3) is 0.556. The Bertz CT molecular complexity index is 738. The average Bonchev–Trinajstić information content (AvgIpc) is 3.37. The Balaban J connectivity index is 1.49. The molecule has 7 nitrogen and oxygen atoms in total. The van der Waals surface area contributed by atoms with Gasteiger partial charge in [-0.1, -0.05) is 0 Å². The maximum absolute atomic E-state index is 12.9. The van der Waals surface area contributed by atoms with Crippen molar-refractivity contribution in [1.82, 2.24) is 24.4 Å². The van der Waals surface area contributed by atoms with Crippen molar-refractivity contribution in [2.45, 2.75) is 32.9 Å². The van der Waals surface area contributed by atoms with Crippen molar-refractivity contribution in [3.05, 3.63) is 42.0 Å². The molecule has 2 aromatic rings. The van der Waals surface area contributed by atoms with Gasteiger partial charge in [0.2, 0.25) is 0 Å². The van der Waals surface area contributed by atoms with Crippen molar-refractivity contribution in [2.75, 3.05) is 19.8 Å². The zero-order chi connectivity index (χ0) is 17.2. The fourth-order valence-corrected chi connectivity index (χ4v) is 3.15. The van der Waals surface area contributed by atoms with Crippen molar-refractivity contribution in [2.24, 2.45) is 11.8 Å². The molecule has 25 heavy (non-hydrogen) atoms. The molecule has 0 bridgehead atoms. The number of imidazole rings is 1. The summed E-state index contributed by atoms with van der Waals surface area (Å²) >= 11 is 0. The van der Waals surface area contributed by atoms with Gasteiger partial charge in [0.1, 0.15) is 11.5 Å². The SMILES string of the molecule is Cc1cnc(C(=O)N2Cc3nccn3CC(COCC3CC3)C2)cn1. The van der Waals surface area contributed by atoms with Crippen LogP contribution >= 0.6 is 0 Å². The summed E-state index contributed by atoms with van der Waals surface area (Å²) in [5.41, 5.74) is 1.18. The molecule has 1 fully saturated rings. The number of carbonyl (C=O) groups is 1. The molecule has 132 valence electrons. The molecule has 4 rings (SSSR count). The molecule has 0 spiro atoms. The summed E-state index contributed by atoms with van der Waals surface area (Å²) in [6.07, 6.45) is 9.51. The lowest BCUT2D eigenvalue weighted by Gasteiger charge is -2.23. The van der Waals surface area contributed by atoms with E-state index in [1.165, 1.54) is 12.8 Å². The summed E-state index contributed by atoms with van der Waals surface area (Å²) in [6, 6.07) is 0. The first-order chi connectivity index (χ1) is 12.2. The monoisotopic (exact) mass is 341 g/mol. The molecule has 1 saturated carbocycles. The van der Waals surface area contributed by atoms with Crippen LogP contribution in [-0.2, 0) is 17.8 Å². The summed E-state index contributed by atoms with van der Waals surface area (Å²) in [6.45, 7) is 5.31. The topological polar surface area (TPSA) is 73.1 Å². The zero-order valence-corrected chi connectivity index (χ0v) is 14.5. The highest BCUT2D eigenvalue weighted by atomic mass is 16.5. The van der Waals surface area contributed by atoms with E-state index in [-0.39, 0.29) is 11.8 Å². The fourth-order valence-electron chi connectivity index (χ4n) is 3.15. The van der Waals surface area contributed by atoms with E-state index in [2.05, 4.69) is 19.5 Å². The largest absolute Gasteiger partial charge is 0.381 e. The minimum atomic E-state index is -0.101. The Labute approximate surface area is 147 Å². The number of fused-ring (bicyclic) bond motifs is 1. The van der Waals surface area contributed by atoms with Crippen LogP contribution in [0.2, 0.25) is 0 Å². The van der Waals surface area contributed by atoms with Crippen LogP contribution in [0.15, 0.2) is 24.8 Å². The maximum Gasteiger partial charge on any atom is 0.274 e. The van der Waals surface area contributed by atoms with Gasteiger partial charge in [0.05, 0.1) is 25.0 Å². The molecule has 7 heteroatoms. The number of hydrogen-bond donors (Lipinski definition) is 0. The van der Waals surface area contributed by atoms with Gasteiger partial charge in [-0.3, -0.25) is 9.78 Å². The molecule has 2 aliphatic rings.